The second-order valence-electron chi connectivity index (χ2n) is 5.76. The highest BCUT2D eigenvalue weighted by molar-refractivity contribution is 5.86. The van der Waals surface area contributed by atoms with Crippen LogP contribution in [-0.2, 0) is 4.79 Å². The lowest BCUT2D eigenvalue weighted by Gasteiger charge is -2.46. The fraction of sp³-hybridized carbons (Fsp3) is 0.643. The number of amides is 1. The minimum Gasteiger partial charge on any atom is -0.465 e. The van der Waals surface area contributed by atoms with Gasteiger partial charge in [-0.15, -0.1) is 0 Å². The van der Waals surface area contributed by atoms with Crippen LogP contribution in [0, 0.1) is 6.92 Å². The largest absolute Gasteiger partial charge is 0.465 e. The fourth-order valence-electron chi connectivity index (χ4n) is 2.71. The minimum atomic E-state index is -0.586. The van der Waals surface area contributed by atoms with Gasteiger partial charge in [0.25, 0.3) is 0 Å². The van der Waals surface area contributed by atoms with Gasteiger partial charge in [0.2, 0.25) is 5.91 Å². The Morgan fingerprint density at radius 1 is 1.47 bits per heavy atom. The van der Waals surface area contributed by atoms with Gasteiger partial charge < -0.3 is 15.5 Å². The van der Waals surface area contributed by atoms with E-state index in [4.69, 9.17) is 10.2 Å². The number of hydrogen-bond acceptors (Lipinski definition) is 4. The summed E-state index contributed by atoms with van der Waals surface area (Å²) in [6.07, 6.45) is 0. The number of aryl methyl sites for hydroxylation is 1. The minimum absolute atomic E-state index is 0.0349. The molecule has 0 aliphatic carbocycles. The third kappa shape index (κ3) is 2.53. The predicted molar refractivity (Wildman–Crippen MR) is 73.6 cm³/mol. The van der Waals surface area contributed by atoms with Gasteiger partial charge in [-0.2, -0.15) is 0 Å². The van der Waals surface area contributed by atoms with Crippen LogP contribution >= 0.6 is 0 Å². The first-order valence-corrected chi connectivity index (χ1v) is 6.71. The molecule has 1 saturated heterocycles. The van der Waals surface area contributed by atoms with Gasteiger partial charge in [-0.25, -0.2) is 0 Å². The van der Waals surface area contributed by atoms with Crippen LogP contribution < -0.4 is 11.1 Å². The second-order valence-corrected chi connectivity index (χ2v) is 5.76. The third-order valence-corrected chi connectivity index (χ3v) is 3.80. The molecular weight excluding hydrogens is 242 g/mol. The number of nitrogens with zero attached hydrogens (tertiary/aromatic N) is 1. The zero-order valence-electron chi connectivity index (χ0n) is 12.1. The Morgan fingerprint density at radius 2 is 2.16 bits per heavy atom. The van der Waals surface area contributed by atoms with Crippen LogP contribution in [0.15, 0.2) is 16.5 Å². The zero-order chi connectivity index (χ0) is 14.2. The SMILES string of the molecule is Cc1ccc(C(C(C)N)N2CCNC(=O)C2(C)C)o1. The maximum atomic E-state index is 12.1. The third-order valence-electron chi connectivity index (χ3n) is 3.80. The van der Waals surface area contributed by atoms with E-state index in [1.165, 1.54) is 0 Å². The number of furan rings is 1. The Kier molecular flexibility index (Phi) is 3.69. The Balaban J connectivity index is 2.36. The summed E-state index contributed by atoms with van der Waals surface area (Å²) in [5.74, 6) is 1.72. The van der Waals surface area contributed by atoms with Gasteiger partial charge >= 0.3 is 0 Å². The summed E-state index contributed by atoms with van der Waals surface area (Å²) in [6, 6.07) is 3.68. The van der Waals surface area contributed by atoms with Crippen molar-refractivity contribution in [2.45, 2.75) is 45.3 Å². The van der Waals surface area contributed by atoms with Crippen LogP contribution in [0.4, 0.5) is 0 Å². The average Bonchev–Trinajstić information content (AvgIpc) is 2.71. The van der Waals surface area contributed by atoms with E-state index in [1.54, 1.807) is 0 Å². The molecule has 0 spiro atoms. The summed E-state index contributed by atoms with van der Waals surface area (Å²) >= 11 is 0. The highest BCUT2D eigenvalue weighted by Crippen LogP contribution is 2.32. The van der Waals surface area contributed by atoms with Crippen molar-refractivity contribution in [3.05, 3.63) is 23.7 Å². The normalized spacial score (nSPS) is 22.9. The number of piperazine rings is 1. The van der Waals surface area contributed by atoms with E-state index in [-0.39, 0.29) is 18.0 Å². The van der Waals surface area contributed by atoms with E-state index in [0.29, 0.717) is 6.54 Å². The highest BCUT2D eigenvalue weighted by Gasteiger charge is 2.43. The Labute approximate surface area is 114 Å². The molecule has 106 valence electrons. The molecule has 19 heavy (non-hydrogen) atoms. The lowest BCUT2D eigenvalue weighted by Crippen LogP contribution is -2.64. The standard InChI is InChI=1S/C14H23N3O2/c1-9-5-6-11(19-9)12(10(2)15)17-8-7-16-13(18)14(17,3)4/h5-6,10,12H,7-8,15H2,1-4H3,(H,16,18). The molecule has 0 saturated carbocycles. The summed E-state index contributed by atoms with van der Waals surface area (Å²) in [5.41, 5.74) is 5.56. The van der Waals surface area contributed by atoms with E-state index in [1.807, 2.05) is 39.8 Å². The average molecular weight is 265 g/mol. The number of carbonyl (C=O) groups excluding carboxylic acids is 1. The van der Waals surface area contributed by atoms with E-state index >= 15 is 0 Å². The van der Waals surface area contributed by atoms with Gasteiger partial charge in [-0.05, 0) is 39.8 Å². The molecule has 3 N–H and O–H groups in total. The first-order chi connectivity index (χ1) is 8.84. The molecule has 2 atom stereocenters. The van der Waals surface area contributed by atoms with Crippen molar-refractivity contribution in [1.82, 2.24) is 10.2 Å². The molecule has 5 nitrogen and oxygen atoms in total. The van der Waals surface area contributed by atoms with Crippen molar-refractivity contribution in [2.24, 2.45) is 5.73 Å². The molecule has 0 radical (unpaired) electrons. The van der Waals surface area contributed by atoms with E-state index in [2.05, 4.69) is 10.2 Å². The van der Waals surface area contributed by atoms with Crippen molar-refractivity contribution in [1.29, 1.82) is 0 Å². The van der Waals surface area contributed by atoms with Crippen LogP contribution in [0.5, 0.6) is 0 Å². The van der Waals surface area contributed by atoms with Gasteiger partial charge in [0.05, 0.1) is 11.6 Å². The van der Waals surface area contributed by atoms with Gasteiger partial charge in [-0.3, -0.25) is 9.69 Å². The van der Waals surface area contributed by atoms with Gasteiger partial charge in [0, 0.05) is 19.1 Å². The second kappa shape index (κ2) is 4.98. The monoisotopic (exact) mass is 265 g/mol. The number of nitrogens with two attached hydrogens (primary N) is 1. The van der Waals surface area contributed by atoms with Crippen LogP contribution in [0.25, 0.3) is 0 Å². The topological polar surface area (TPSA) is 71.5 Å². The summed E-state index contributed by atoms with van der Waals surface area (Å²) in [7, 11) is 0. The molecule has 1 aromatic heterocycles. The number of carbonyl (C=O) groups is 1. The Bertz CT molecular complexity index is 465. The molecule has 1 aliphatic heterocycles. The molecule has 0 bridgehead atoms. The van der Waals surface area contributed by atoms with Gasteiger partial charge in [0.15, 0.2) is 0 Å². The lowest BCUT2D eigenvalue weighted by molar-refractivity contribution is -0.137. The number of hydrogen-bond donors (Lipinski definition) is 2. The van der Waals surface area contributed by atoms with E-state index < -0.39 is 5.54 Å². The maximum Gasteiger partial charge on any atom is 0.240 e. The maximum absolute atomic E-state index is 12.1. The highest BCUT2D eigenvalue weighted by atomic mass is 16.3. The summed E-state index contributed by atoms with van der Waals surface area (Å²) < 4.78 is 5.74. The zero-order valence-corrected chi connectivity index (χ0v) is 12.1. The van der Waals surface area contributed by atoms with Crippen molar-refractivity contribution in [3.8, 4) is 0 Å². The van der Waals surface area contributed by atoms with E-state index in [0.717, 1.165) is 18.1 Å². The lowest BCUT2D eigenvalue weighted by atomic mass is 9.93. The number of rotatable bonds is 3. The molecule has 5 heteroatoms. The molecule has 0 aromatic carbocycles. The van der Waals surface area contributed by atoms with Crippen LogP contribution in [0.2, 0.25) is 0 Å². The van der Waals surface area contributed by atoms with Crippen molar-refractivity contribution in [2.75, 3.05) is 13.1 Å². The van der Waals surface area contributed by atoms with Gasteiger partial charge in [-0.1, -0.05) is 0 Å². The molecule has 1 aromatic rings. The summed E-state index contributed by atoms with van der Waals surface area (Å²) in [5, 5.41) is 2.90. The van der Waals surface area contributed by atoms with Gasteiger partial charge in [0.1, 0.15) is 11.5 Å². The number of nitrogens with one attached hydrogen (secondary N) is 1. The molecule has 2 rings (SSSR count). The molecule has 2 unspecified atom stereocenters. The van der Waals surface area contributed by atoms with Crippen LogP contribution in [0.3, 0.4) is 0 Å². The quantitative estimate of drug-likeness (QED) is 0.861. The smallest absolute Gasteiger partial charge is 0.240 e. The van der Waals surface area contributed by atoms with Crippen LogP contribution in [-0.4, -0.2) is 35.5 Å². The van der Waals surface area contributed by atoms with E-state index in [9.17, 15) is 4.79 Å². The Morgan fingerprint density at radius 3 is 2.68 bits per heavy atom. The van der Waals surface area contributed by atoms with Crippen molar-refractivity contribution in [3.63, 3.8) is 0 Å². The Hall–Kier alpha value is -1.33. The molecule has 1 aliphatic rings. The first kappa shape index (κ1) is 14.1. The first-order valence-electron chi connectivity index (χ1n) is 6.71. The predicted octanol–water partition coefficient (Wildman–Crippen LogP) is 1.19. The van der Waals surface area contributed by atoms with Crippen LogP contribution in [0.1, 0.15) is 38.3 Å². The summed E-state index contributed by atoms with van der Waals surface area (Å²) in [6.45, 7) is 9.12. The molecular formula is C14H23N3O2. The summed E-state index contributed by atoms with van der Waals surface area (Å²) in [4.78, 5) is 14.2. The molecule has 2 heterocycles. The van der Waals surface area contributed by atoms with Crippen molar-refractivity contribution >= 4 is 5.91 Å². The molecule has 1 amide bonds. The van der Waals surface area contributed by atoms with Crippen molar-refractivity contribution < 1.29 is 9.21 Å². The fourth-order valence-corrected chi connectivity index (χ4v) is 2.71. The molecule has 1 fully saturated rings.